The van der Waals surface area contributed by atoms with Gasteiger partial charge in [-0.3, -0.25) is 4.79 Å². The van der Waals surface area contributed by atoms with Gasteiger partial charge in [-0.25, -0.2) is 8.42 Å². The molecule has 5 nitrogen and oxygen atoms in total. The van der Waals surface area contributed by atoms with E-state index in [1.54, 1.807) is 12.1 Å². The molecule has 1 N–H and O–H groups in total. The van der Waals surface area contributed by atoms with Crippen molar-refractivity contribution < 1.29 is 13.2 Å². The zero-order chi connectivity index (χ0) is 17.0. The number of carbonyl (C=O) groups is 1. The van der Waals surface area contributed by atoms with Crippen molar-refractivity contribution in [1.82, 2.24) is 9.62 Å². The first-order chi connectivity index (χ1) is 10.1. The average molecular weight is 347 g/mol. The minimum Gasteiger partial charge on any atom is -0.345 e. The third kappa shape index (κ3) is 4.69. The van der Waals surface area contributed by atoms with Crippen molar-refractivity contribution in [3.8, 4) is 0 Å². The molecule has 1 amide bonds. The van der Waals surface area contributed by atoms with Gasteiger partial charge in [0.1, 0.15) is 0 Å². The van der Waals surface area contributed by atoms with E-state index in [2.05, 4.69) is 5.32 Å². The zero-order valence-electron chi connectivity index (χ0n) is 13.4. The number of hydrogen-bond donors (Lipinski definition) is 1. The predicted octanol–water partition coefficient (Wildman–Crippen LogP) is 2.36. The lowest BCUT2D eigenvalue weighted by Crippen LogP contribution is -2.49. The second-order valence-corrected chi connectivity index (χ2v) is 7.89. The van der Waals surface area contributed by atoms with Crippen LogP contribution in [0.25, 0.3) is 0 Å². The largest absolute Gasteiger partial charge is 0.345 e. The summed E-state index contributed by atoms with van der Waals surface area (Å²) in [6.07, 6.45) is 2.46. The molecule has 0 heterocycles. The zero-order valence-corrected chi connectivity index (χ0v) is 15.0. The van der Waals surface area contributed by atoms with Crippen molar-refractivity contribution in [2.24, 2.45) is 0 Å². The number of halogens is 1. The van der Waals surface area contributed by atoms with E-state index >= 15 is 0 Å². The monoisotopic (exact) mass is 346 g/mol. The van der Waals surface area contributed by atoms with Crippen LogP contribution in [0.5, 0.6) is 0 Å². The first-order valence-corrected chi connectivity index (χ1v) is 9.35. The summed E-state index contributed by atoms with van der Waals surface area (Å²) in [6, 6.07) is 7.34. The van der Waals surface area contributed by atoms with Crippen LogP contribution < -0.4 is 5.32 Å². The van der Waals surface area contributed by atoms with Gasteiger partial charge in [-0.05, 0) is 30.5 Å². The van der Waals surface area contributed by atoms with Crippen LogP contribution in [0.4, 0.5) is 0 Å². The lowest BCUT2D eigenvalue weighted by Gasteiger charge is -2.34. The van der Waals surface area contributed by atoms with E-state index in [4.69, 9.17) is 11.6 Å². The molecule has 0 aliphatic heterocycles. The Kier molecular flexibility index (Phi) is 6.40. The number of hydrogen-bond acceptors (Lipinski definition) is 3. The minimum absolute atomic E-state index is 0.200. The average Bonchev–Trinajstić information content (AvgIpc) is 2.44. The summed E-state index contributed by atoms with van der Waals surface area (Å²) in [6.45, 7) is 3.77. The second kappa shape index (κ2) is 7.44. The summed E-state index contributed by atoms with van der Waals surface area (Å²) >= 11 is 5.91. The molecule has 0 radical (unpaired) electrons. The van der Waals surface area contributed by atoms with E-state index in [-0.39, 0.29) is 12.5 Å². The minimum atomic E-state index is -3.38. The molecule has 0 aliphatic rings. The predicted molar refractivity (Wildman–Crippen MR) is 89.3 cm³/mol. The standard InChI is InChI=1S/C15H23ClN2O3S/c1-5-15(6-2,12-7-9-13(16)10-8-12)17-14(19)11-18(3)22(4,20)21/h7-10H,5-6,11H2,1-4H3,(H,17,19). The number of carbonyl (C=O) groups excluding carboxylic acids is 1. The van der Waals surface area contributed by atoms with Crippen LogP contribution in [0.15, 0.2) is 24.3 Å². The highest BCUT2D eigenvalue weighted by Crippen LogP contribution is 2.29. The Morgan fingerprint density at radius 1 is 1.23 bits per heavy atom. The molecule has 0 aromatic heterocycles. The highest BCUT2D eigenvalue weighted by atomic mass is 35.5. The molecule has 124 valence electrons. The molecule has 1 rings (SSSR count). The molecule has 7 heteroatoms. The molecule has 0 saturated heterocycles. The highest BCUT2D eigenvalue weighted by Gasteiger charge is 2.31. The summed E-state index contributed by atoms with van der Waals surface area (Å²) in [5.41, 5.74) is 0.428. The Balaban J connectivity index is 2.97. The number of likely N-dealkylation sites (N-methyl/N-ethyl adjacent to an activating group) is 1. The van der Waals surface area contributed by atoms with Gasteiger partial charge in [0.05, 0.1) is 18.3 Å². The van der Waals surface area contributed by atoms with Crippen LogP contribution >= 0.6 is 11.6 Å². The topological polar surface area (TPSA) is 66.5 Å². The van der Waals surface area contributed by atoms with Gasteiger partial charge in [0.15, 0.2) is 0 Å². The van der Waals surface area contributed by atoms with Gasteiger partial charge in [0, 0.05) is 12.1 Å². The molecule has 0 fully saturated rings. The molecule has 0 saturated carbocycles. The van der Waals surface area contributed by atoms with Gasteiger partial charge in [-0.2, -0.15) is 4.31 Å². The highest BCUT2D eigenvalue weighted by molar-refractivity contribution is 7.88. The summed E-state index contributed by atoms with van der Waals surface area (Å²) in [5.74, 6) is -0.327. The quantitative estimate of drug-likeness (QED) is 0.824. The van der Waals surface area contributed by atoms with Gasteiger partial charge >= 0.3 is 0 Å². The number of rotatable bonds is 7. The van der Waals surface area contributed by atoms with Crippen molar-refractivity contribution in [2.45, 2.75) is 32.2 Å². The normalized spacial score (nSPS) is 12.5. The molecule has 0 atom stereocenters. The summed E-state index contributed by atoms with van der Waals surface area (Å²) < 4.78 is 23.8. The van der Waals surface area contributed by atoms with Gasteiger partial charge in [-0.1, -0.05) is 37.6 Å². The Morgan fingerprint density at radius 3 is 2.14 bits per heavy atom. The lowest BCUT2D eigenvalue weighted by atomic mass is 9.84. The Labute approximate surface area is 137 Å². The molecular formula is C15H23ClN2O3S. The number of benzene rings is 1. The molecule has 0 spiro atoms. The maximum Gasteiger partial charge on any atom is 0.236 e. The second-order valence-electron chi connectivity index (χ2n) is 5.36. The summed E-state index contributed by atoms with van der Waals surface area (Å²) in [4.78, 5) is 12.2. The number of amides is 1. The van der Waals surface area contributed by atoms with Crippen molar-refractivity contribution in [1.29, 1.82) is 0 Å². The SMILES string of the molecule is CCC(CC)(NC(=O)CN(C)S(C)(=O)=O)c1ccc(Cl)cc1. The molecule has 22 heavy (non-hydrogen) atoms. The Hall–Kier alpha value is -1.11. The molecule has 0 unspecified atom stereocenters. The Bertz CT molecular complexity index is 610. The fourth-order valence-electron chi connectivity index (χ4n) is 2.30. The maximum atomic E-state index is 12.2. The van der Waals surface area contributed by atoms with Gasteiger partial charge < -0.3 is 5.32 Å². The van der Waals surface area contributed by atoms with E-state index in [0.717, 1.165) is 16.1 Å². The van der Waals surface area contributed by atoms with Crippen LogP contribution in [-0.4, -0.2) is 38.5 Å². The molecule has 0 aliphatic carbocycles. The van der Waals surface area contributed by atoms with Crippen molar-refractivity contribution in [3.63, 3.8) is 0 Å². The van der Waals surface area contributed by atoms with Crippen LogP contribution in [0.2, 0.25) is 5.02 Å². The van der Waals surface area contributed by atoms with Crippen LogP contribution in [0.3, 0.4) is 0 Å². The smallest absolute Gasteiger partial charge is 0.236 e. The lowest BCUT2D eigenvalue weighted by molar-refractivity contribution is -0.123. The van der Waals surface area contributed by atoms with E-state index in [1.807, 2.05) is 26.0 Å². The van der Waals surface area contributed by atoms with Gasteiger partial charge in [0.25, 0.3) is 0 Å². The van der Waals surface area contributed by atoms with E-state index in [0.29, 0.717) is 17.9 Å². The van der Waals surface area contributed by atoms with Crippen molar-refractivity contribution in [3.05, 3.63) is 34.9 Å². The van der Waals surface area contributed by atoms with Gasteiger partial charge in [0.2, 0.25) is 15.9 Å². The summed E-state index contributed by atoms with van der Waals surface area (Å²) in [7, 11) is -2.00. The summed E-state index contributed by atoms with van der Waals surface area (Å²) in [5, 5.41) is 3.61. The van der Waals surface area contributed by atoms with Crippen LogP contribution in [0.1, 0.15) is 32.3 Å². The first kappa shape index (κ1) is 18.9. The van der Waals surface area contributed by atoms with Crippen molar-refractivity contribution in [2.75, 3.05) is 19.8 Å². The maximum absolute atomic E-state index is 12.2. The number of nitrogens with zero attached hydrogens (tertiary/aromatic N) is 1. The molecule has 1 aromatic rings. The van der Waals surface area contributed by atoms with Crippen LogP contribution in [0, 0.1) is 0 Å². The number of sulfonamides is 1. The third-order valence-corrected chi connectivity index (χ3v) is 5.43. The van der Waals surface area contributed by atoms with Gasteiger partial charge in [-0.15, -0.1) is 0 Å². The first-order valence-electron chi connectivity index (χ1n) is 7.13. The fourth-order valence-corrected chi connectivity index (χ4v) is 2.78. The van der Waals surface area contributed by atoms with E-state index < -0.39 is 15.6 Å². The molecular weight excluding hydrogens is 324 g/mol. The molecule has 1 aromatic carbocycles. The Morgan fingerprint density at radius 2 is 1.73 bits per heavy atom. The van der Waals surface area contributed by atoms with E-state index in [9.17, 15) is 13.2 Å². The van der Waals surface area contributed by atoms with Crippen molar-refractivity contribution >= 4 is 27.5 Å². The van der Waals surface area contributed by atoms with E-state index in [1.165, 1.54) is 7.05 Å². The fraction of sp³-hybridized carbons (Fsp3) is 0.533. The molecule has 0 bridgehead atoms. The third-order valence-electron chi connectivity index (χ3n) is 3.92. The number of nitrogens with one attached hydrogen (secondary N) is 1. The van der Waals surface area contributed by atoms with Crippen LogP contribution in [-0.2, 0) is 20.4 Å².